The van der Waals surface area contributed by atoms with Gasteiger partial charge in [-0.25, -0.2) is 9.48 Å². The van der Waals surface area contributed by atoms with Crippen molar-refractivity contribution in [3.8, 4) is 5.88 Å². The molecule has 0 unspecified atom stereocenters. The van der Waals surface area contributed by atoms with Crippen LogP contribution in [-0.2, 0) is 7.05 Å². The van der Waals surface area contributed by atoms with Crippen molar-refractivity contribution < 1.29 is 9.53 Å². The van der Waals surface area contributed by atoms with Gasteiger partial charge in [0.05, 0.1) is 5.39 Å². The fourth-order valence-electron chi connectivity index (χ4n) is 1.38. The summed E-state index contributed by atoms with van der Waals surface area (Å²) in [5, 5.41) is 4.94. The molecule has 1 aromatic carbocycles. The van der Waals surface area contributed by atoms with Crippen molar-refractivity contribution in [3.63, 3.8) is 0 Å². The largest absolute Gasteiger partial charge is 0.411 e. The molecule has 6 heteroatoms. The van der Waals surface area contributed by atoms with Gasteiger partial charge in [0.25, 0.3) is 0 Å². The van der Waals surface area contributed by atoms with E-state index in [1.54, 1.807) is 7.05 Å². The Kier molecular flexibility index (Phi) is 2.36. The number of aromatic nitrogens is 2. The van der Waals surface area contributed by atoms with Gasteiger partial charge in [0, 0.05) is 11.5 Å². The smallest absolute Gasteiger partial charge is 0.391 e. The molecule has 15 heavy (non-hydrogen) atoms. The van der Waals surface area contributed by atoms with E-state index in [4.69, 9.17) is 10.5 Å². The monoisotopic (exact) mass is 269 g/mol. The maximum absolute atomic E-state index is 10.7. The van der Waals surface area contributed by atoms with E-state index in [1.165, 1.54) is 4.68 Å². The number of nitrogens with two attached hydrogens (primary N) is 1. The first-order valence-corrected chi connectivity index (χ1v) is 4.97. The first kappa shape index (κ1) is 9.97. The van der Waals surface area contributed by atoms with Crippen molar-refractivity contribution in [2.75, 3.05) is 0 Å². The number of carbonyl (C=O) groups excluding carboxylic acids is 1. The van der Waals surface area contributed by atoms with Crippen molar-refractivity contribution in [3.05, 3.63) is 22.7 Å². The zero-order chi connectivity index (χ0) is 11.0. The minimum atomic E-state index is -0.847. The van der Waals surface area contributed by atoms with Gasteiger partial charge in [0.1, 0.15) is 5.52 Å². The predicted molar refractivity (Wildman–Crippen MR) is 58.6 cm³/mol. The fraction of sp³-hybridized carbons (Fsp3) is 0.111. The number of halogens is 1. The number of carbonyl (C=O) groups is 1. The highest BCUT2D eigenvalue weighted by Gasteiger charge is 2.13. The molecule has 2 N–H and O–H groups in total. The van der Waals surface area contributed by atoms with Gasteiger partial charge in [-0.15, -0.1) is 0 Å². The number of nitrogens with zero attached hydrogens (tertiary/aromatic N) is 2. The van der Waals surface area contributed by atoms with Crippen LogP contribution in [0, 0.1) is 0 Å². The average Bonchev–Trinajstić information content (AvgIpc) is 2.45. The normalized spacial score (nSPS) is 10.5. The number of aryl methyl sites for hydroxylation is 1. The van der Waals surface area contributed by atoms with Gasteiger partial charge in [0.2, 0.25) is 5.88 Å². The molecule has 1 aromatic heterocycles. The van der Waals surface area contributed by atoms with Crippen LogP contribution in [0.3, 0.4) is 0 Å². The van der Waals surface area contributed by atoms with Gasteiger partial charge in [-0.2, -0.15) is 5.10 Å². The number of rotatable bonds is 1. The van der Waals surface area contributed by atoms with E-state index in [-0.39, 0.29) is 0 Å². The van der Waals surface area contributed by atoms with E-state index in [2.05, 4.69) is 21.0 Å². The molecule has 0 bridgehead atoms. The van der Waals surface area contributed by atoms with E-state index >= 15 is 0 Å². The van der Waals surface area contributed by atoms with E-state index < -0.39 is 6.09 Å². The van der Waals surface area contributed by atoms with E-state index in [9.17, 15) is 4.79 Å². The number of amides is 1. The third-order valence-corrected chi connectivity index (χ3v) is 2.60. The molecule has 0 saturated carbocycles. The van der Waals surface area contributed by atoms with Crippen LogP contribution < -0.4 is 10.5 Å². The van der Waals surface area contributed by atoms with Crippen molar-refractivity contribution in [2.24, 2.45) is 12.8 Å². The summed E-state index contributed by atoms with van der Waals surface area (Å²) in [6.07, 6.45) is -0.847. The van der Waals surface area contributed by atoms with E-state index in [1.807, 2.05) is 18.2 Å². The molecule has 78 valence electrons. The zero-order valence-corrected chi connectivity index (χ0v) is 9.48. The maximum atomic E-state index is 10.7. The number of hydrogen-bond acceptors (Lipinski definition) is 3. The molecule has 1 amide bonds. The highest BCUT2D eigenvalue weighted by atomic mass is 79.9. The van der Waals surface area contributed by atoms with Crippen LogP contribution in [0.2, 0.25) is 0 Å². The summed E-state index contributed by atoms with van der Waals surface area (Å²) in [7, 11) is 1.69. The molecule has 2 rings (SSSR count). The summed E-state index contributed by atoms with van der Waals surface area (Å²) < 4.78 is 7.19. The highest BCUT2D eigenvalue weighted by Crippen LogP contribution is 2.29. The molecule has 0 spiro atoms. The van der Waals surface area contributed by atoms with Crippen molar-refractivity contribution in [1.82, 2.24) is 9.78 Å². The van der Waals surface area contributed by atoms with Crippen LogP contribution in [0.5, 0.6) is 5.88 Å². The summed E-state index contributed by atoms with van der Waals surface area (Å²) >= 11 is 3.36. The second kappa shape index (κ2) is 3.54. The van der Waals surface area contributed by atoms with Gasteiger partial charge in [-0.3, -0.25) is 0 Å². The average molecular weight is 270 g/mol. The maximum Gasteiger partial charge on any atom is 0.411 e. The summed E-state index contributed by atoms with van der Waals surface area (Å²) in [6.45, 7) is 0. The van der Waals surface area contributed by atoms with Crippen LogP contribution in [0.1, 0.15) is 0 Å². The molecular weight excluding hydrogens is 262 g/mol. The second-order valence-corrected chi connectivity index (χ2v) is 3.84. The summed E-state index contributed by atoms with van der Waals surface area (Å²) in [4.78, 5) is 10.7. The summed E-state index contributed by atoms with van der Waals surface area (Å²) in [5.41, 5.74) is 5.70. The van der Waals surface area contributed by atoms with E-state index in [0.29, 0.717) is 5.88 Å². The lowest BCUT2D eigenvalue weighted by Gasteiger charge is -2.00. The lowest BCUT2D eigenvalue weighted by atomic mass is 10.2. The van der Waals surface area contributed by atoms with Gasteiger partial charge in [-0.1, -0.05) is 6.07 Å². The van der Waals surface area contributed by atoms with Crippen LogP contribution in [0.4, 0.5) is 4.79 Å². The Morgan fingerprint density at radius 3 is 3.00 bits per heavy atom. The molecule has 2 aromatic rings. The SMILES string of the molecule is Cn1nc2c(Br)cccc2c1OC(N)=O. The molecule has 0 saturated heterocycles. The minimum Gasteiger partial charge on any atom is -0.391 e. The molecule has 0 aliphatic heterocycles. The molecule has 0 aliphatic rings. The zero-order valence-electron chi connectivity index (χ0n) is 7.90. The van der Waals surface area contributed by atoms with Gasteiger partial charge in [0.15, 0.2) is 0 Å². The Labute approximate surface area is 93.9 Å². The number of hydrogen-bond donors (Lipinski definition) is 1. The Morgan fingerprint density at radius 2 is 2.33 bits per heavy atom. The van der Waals surface area contributed by atoms with Crippen molar-refractivity contribution in [1.29, 1.82) is 0 Å². The predicted octanol–water partition coefficient (Wildman–Crippen LogP) is 1.79. The quantitative estimate of drug-likeness (QED) is 0.858. The first-order chi connectivity index (χ1) is 7.09. The molecule has 5 nitrogen and oxygen atoms in total. The van der Waals surface area contributed by atoms with Crippen molar-refractivity contribution >= 4 is 32.9 Å². The number of benzene rings is 1. The summed E-state index contributed by atoms with van der Waals surface area (Å²) in [6, 6.07) is 5.51. The van der Waals surface area contributed by atoms with Crippen LogP contribution >= 0.6 is 15.9 Å². The lowest BCUT2D eigenvalue weighted by Crippen LogP contribution is -2.18. The van der Waals surface area contributed by atoms with Gasteiger partial charge in [-0.05, 0) is 28.1 Å². The topological polar surface area (TPSA) is 70.1 Å². The first-order valence-electron chi connectivity index (χ1n) is 4.18. The Morgan fingerprint density at radius 1 is 1.60 bits per heavy atom. The lowest BCUT2D eigenvalue weighted by molar-refractivity contribution is 0.207. The van der Waals surface area contributed by atoms with Crippen LogP contribution in [0.25, 0.3) is 10.9 Å². The fourth-order valence-corrected chi connectivity index (χ4v) is 1.82. The summed E-state index contributed by atoms with van der Waals surface area (Å²) in [5.74, 6) is 0.346. The molecule has 1 heterocycles. The molecule has 0 aliphatic carbocycles. The number of ether oxygens (including phenoxy) is 1. The Bertz CT molecular complexity index is 535. The molecule has 0 fully saturated rings. The minimum absolute atomic E-state index is 0.346. The molecule has 0 atom stereocenters. The third kappa shape index (κ3) is 1.68. The number of fused-ring (bicyclic) bond motifs is 1. The number of primary amides is 1. The highest BCUT2D eigenvalue weighted by molar-refractivity contribution is 9.10. The Balaban J connectivity index is 2.68. The van der Waals surface area contributed by atoms with Crippen molar-refractivity contribution in [2.45, 2.75) is 0 Å². The van der Waals surface area contributed by atoms with Crippen LogP contribution in [-0.4, -0.2) is 15.9 Å². The molecular formula is C9H8BrN3O2. The van der Waals surface area contributed by atoms with Crippen LogP contribution in [0.15, 0.2) is 22.7 Å². The second-order valence-electron chi connectivity index (χ2n) is 2.99. The van der Waals surface area contributed by atoms with Gasteiger partial charge >= 0.3 is 6.09 Å². The standard InChI is InChI=1S/C9H8BrN3O2/c1-13-8(15-9(11)14)5-3-2-4-6(10)7(5)12-13/h2-4H,1H3,(H2,11,14). The third-order valence-electron chi connectivity index (χ3n) is 1.96. The van der Waals surface area contributed by atoms with E-state index in [0.717, 1.165) is 15.4 Å². The Hall–Kier alpha value is -1.56. The molecule has 0 radical (unpaired) electrons. The van der Waals surface area contributed by atoms with Gasteiger partial charge < -0.3 is 10.5 Å².